The largest absolute Gasteiger partial charge is 0.393 e. The molecule has 4 aliphatic rings. The van der Waals surface area contributed by atoms with Crippen molar-refractivity contribution in [1.82, 2.24) is 0 Å². The Kier molecular flexibility index (Phi) is 4.60. The molecular formula is C26H31ClO2. The number of fused-ring (bicyclic) bond motifs is 5. The first-order valence-electron chi connectivity index (χ1n) is 11.2. The van der Waals surface area contributed by atoms with E-state index in [1.54, 1.807) is 0 Å². The number of benzene rings is 1. The number of aliphatic hydroxyl groups excluding tert-OH is 1. The molecule has 0 spiro atoms. The minimum absolute atomic E-state index is 0.165. The van der Waals surface area contributed by atoms with Crippen LogP contribution in [-0.2, 0) is 4.79 Å². The van der Waals surface area contributed by atoms with E-state index in [1.807, 2.05) is 24.3 Å². The Hall–Kier alpha value is -1.38. The summed E-state index contributed by atoms with van der Waals surface area (Å²) in [5, 5.41) is 10.9. The van der Waals surface area contributed by atoms with Gasteiger partial charge in [0.25, 0.3) is 0 Å². The number of aliphatic hydroxyl groups is 1. The summed E-state index contributed by atoms with van der Waals surface area (Å²) in [4.78, 5) is 13.5. The van der Waals surface area contributed by atoms with Crippen LogP contribution in [0.1, 0.15) is 64.4 Å². The topological polar surface area (TPSA) is 37.3 Å². The van der Waals surface area contributed by atoms with Gasteiger partial charge in [0.05, 0.1) is 6.10 Å². The van der Waals surface area contributed by atoms with Crippen molar-refractivity contribution in [3.8, 4) is 0 Å². The highest BCUT2D eigenvalue weighted by molar-refractivity contribution is 6.30. The summed E-state index contributed by atoms with van der Waals surface area (Å²) in [7, 11) is 0. The predicted molar refractivity (Wildman–Crippen MR) is 118 cm³/mol. The number of rotatable bonds is 1. The summed E-state index contributed by atoms with van der Waals surface area (Å²) in [6.07, 6.45) is 11.3. The third kappa shape index (κ3) is 2.98. The van der Waals surface area contributed by atoms with Crippen LogP contribution in [0.2, 0.25) is 5.02 Å². The van der Waals surface area contributed by atoms with Gasteiger partial charge in [-0.3, -0.25) is 4.79 Å². The monoisotopic (exact) mass is 410 g/mol. The summed E-state index contributed by atoms with van der Waals surface area (Å²) < 4.78 is 0. The zero-order valence-corrected chi connectivity index (χ0v) is 18.2. The quantitative estimate of drug-likeness (QED) is 0.440. The van der Waals surface area contributed by atoms with Crippen LogP contribution in [0.4, 0.5) is 0 Å². The molecule has 29 heavy (non-hydrogen) atoms. The molecule has 6 atom stereocenters. The molecule has 1 aromatic carbocycles. The van der Waals surface area contributed by atoms with E-state index < -0.39 is 0 Å². The summed E-state index contributed by atoms with van der Waals surface area (Å²) >= 11 is 6.02. The van der Waals surface area contributed by atoms with Crippen molar-refractivity contribution in [3.63, 3.8) is 0 Å². The number of ketones is 1. The van der Waals surface area contributed by atoms with Gasteiger partial charge in [-0.05, 0) is 97.5 Å². The lowest BCUT2D eigenvalue weighted by molar-refractivity contribution is -0.130. The van der Waals surface area contributed by atoms with Crippen LogP contribution < -0.4 is 0 Å². The van der Waals surface area contributed by atoms with E-state index in [4.69, 9.17) is 11.6 Å². The van der Waals surface area contributed by atoms with Crippen LogP contribution in [0.15, 0.2) is 41.5 Å². The first kappa shape index (κ1) is 19.6. The van der Waals surface area contributed by atoms with Crippen molar-refractivity contribution >= 4 is 23.5 Å². The Labute approximate surface area is 179 Å². The van der Waals surface area contributed by atoms with Crippen LogP contribution in [0, 0.1) is 28.6 Å². The smallest absolute Gasteiger partial charge is 0.165 e. The Morgan fingerprint density at radius 3 is 2.52 bits per heavy atom. The van der Waals surface area contributed by atoms with Crippen LogP contribution in [0.5, 0.6) is 0 Å². The molecule has 2 nitrogen and oxygen atoms in total. The number of allylic oxidation sites excluding steroid dienone is 2. The fraction of sp³-hybridized carbons (Fsp3) is 0.577. The molecule has 3 heteroatoms. The molecule has 3 saturated carbocycles. The van der Waals surface area contributed by atoms with Crippen molar-refractivity contribution < 1.29 is 9.90 Å². The molecule has 1 N–H and O–H groups in total. The van der Waals surface area contributed by atoms with Gasteiger partial charge in [-0.15, -0.1) is 0 Å². The number of Topliss-reactive ketones (excluding diaryl/α,β-unsaturated/α-hetero) is 1. The van der Waals surface area contributed by atoms with Crippen molar-refractivity contribution in [2.24, 2.45) is 28.6 Å². The molecular weight excluding hydrogens is 380 g/mol. The van der Waals surface area contributed by atoms with Gasteiger partial charge in [0.2, 0.25) is 0 Å². The molecule has 4 aliphatic carbocycles. The van der Waals surface area contributed by atoms with Gasteiger partial charge < -0.3 is 5.11 Å². The highest BCUT2D eigenvalue weighted by Crippen LogP contribution is 2.64. The standard InChI is InChI=1S/C26H31ClO2/c1-25-11-9-20(28)15-18(25)5-8-21-22(25)10-12-26(2)23(21)14-17(24(26)29)13-16-3-6-19(27)7-4-16/h3-7,13,20-23,28H,8-12,14-15H2,1-2H3/b17-13+/t20-,21-,22+,23+,25-,26+/m0/s1. The summed E-state index contributed by atoms with van der Waals surface area (Å²) in [5.41, 5.74) is 3.56. The normalized spacial score (nSPS) is 42.8. The number of hydrogen-bond donors (Lipinski definition) is 1. The lowest BCUT2D eigenvalue weighted by Crippen LogP contribution is -2.50. The minimum Gasteiger partial charge on any atom is -0.393 e. The fourth-order valence-corrected chi connectivity index (χ4v) is 7.33. The molecule has 0 bridgehead atoms. The van der Waals surface area contributed by atoms with Gasteiger partial charge >= 0.3 is 0 Å². The zero-order valence-electron chi connectivity index (χ0n) is 17.5. The molecule has 0 aromatic heterocycles. The Morgan fingerprint density at radius 2 is 1.76 bits per heavy atom. The van der Waals surface area contributed by atoms with Crippen LogP contribution in [0.3, 0.4) is 0 Å². The van der Waals surface area contributed by atoms with Crippen molar-refractivity contribution in [3.05, 3.63) is 52.1 Å². The molecule has 0 unspecified atom stereocenters. The second-order valence-corrected chi connectivity index (χ2v) is 10.8. The lowest BCUT2D eigenvalue weighted by Gasteiger charge is -2.56. The zero-order chi connectivity index (χ0) is 20.4. The summed E-state index contributed by atoms with van der Waals surface area (Å²) in [5.74, 6) is 2.04. The van der Waals surface area contributed by atoms with Crippen molar-refractivity contribution in [2.45, 2.75) is 64.9 Å². The highest BCUT2D eigenvalue weighted by atomic mass is 35.5. The third-order valence-electron chi connectivity index (χ3n) is 8.93. The van der Waals surface area contributed by atoms with E-state index in [-0.39, 0.29) is 16.9 Å². The first-order valence-corrected chi connectivity index (χ1v) is 11.6. The molecule has 5 rings (SSSR count). The molecule has 0 amide bonds. The SMILES string of the molecule is C[C@@]12CC[C@@H]3[C@H](CC=C4C[C@@H](O)CC[C@@]43C)[C@H]1C/C(=C\c1ccc(Cl)cc1)C2=O. The Bertz CT molecular complexity index is 898. The first-order chi connectivity index (χ1) is 13.8. The number of carbonyl (C=O) groups is 1. The Balaban J connectivity index is 1.47. The van der Waals surface area contributed by atoms with E-state index in [1.165, 1.54) is 5.57 Å². The van der Waals surface area contributed by atoms with E-state index in [9.17, 15) is 9.90 Å². The van der Waals surface area contributed by atoms with E-state index in [0.29, 0.717) is 23.5 Å². The molecule has 1 aromatic rings. The molecule has 0 saturated heterocycles. The number of halogens is 1. The fourth-order valence-electron chi connectivity index (χ4n) is 7.20. The van der Waals surface area contributed by atoms with Crippen LogP contribution in [-0.4, -0.2) is 17.0 Å². The lowest BCUT2D eigenvalue weighted by atomic mass is 9.48. The molecule has 0 aliphatic heterocycles. The van der Waals surface area contributed by atoms with Gasteiger partial charge in [-0.2, -0.15) is 0 Å². The maximum Gasteiger partial charge on any atom is 0.165 e. The third-order valence-corrected chi connectivity index (χ3v) is 9.18. The highest BCUT2D eigenvalue weighted by Gasteiger charge is 2.59. The van der Waals surface area contributed by atoms with Crippen LogP contribution in [0.25, 0.3) is 6.08 Å². The Morgan fingerprint density at radius 1 is 1.03 bits per heavy atom. The van der Waals surface area contributed by atoms with Crippen molar-refractivity contribution in [1.29, 1.82) is 0 Å². The van der Waals surface area contributed by atoms with E-state index >= 15 is 0 Å². The maximum absolute atomic E-state index is 13.5. The predicted octanol–water partition coefficient (Wildman–Crippen LogP) is 6.23. The maximum atomic E-state index is 13.5. The minimum atomic E-state index is -0.213. The van der Waals surface area contributed by atoms with Crippen molar-refractivity contribution in [2.75, 3.05) is 0 Å². The molecule has 0 radical (unpaired) electrons. The molecule has 3 fully saturated rings. The average molecular weight is 411 g/mol. The molecule has 0 heterocycles. The van der Waals surface area contributed by atoms with Crippen LogP contribution >= 0.6 is 11.6 Å². The molecule has 154 valence electrons. The summed E-state index contributed by atoms with van der Waals surface area (Å²) in [6, 6.07) is 7.79. The van der Waals surface area contributed by atoms with Gasteiger partial charge in [0, 0.05) is 10.4 Å². The number of carbonyl (C=O) groups excluding carboxylic acids is 1. The van der Waals surface area contributed by atoms with Gasteiger partial charge in [-0.1, -0.05) is 49.2 Å². The second kappa shape index (κ2) is 6.82. The second-order valence-electron chi connectivity index (χ2n) is 10.4. The number of hydrogen-bond acceptors (Lipinski definition) is 2. The van der Waals surface area contributed by atoms with Gasteiger partial charge in [-0.25, -0.2) is 0 Å². The summed E-state index contributed by atoms with van der Waals surface area (Å²) in [6.45, 7) is 4.66. The van der Waals surface area contributed by atoms with E-state index in [0.717, 1.165) is 61.1 Å². The van der Waals surface area contributed by atoms with Gasteiger partial charge in [0.15, 0.2) is 5.78 Å². The van der Waals surface area contributed by atoms with E-state index in [2.05, 4.69) is 26.0 Å². The van der Waals surface area contributed by atoms with Gasteiger partial charge in [0.1, 0.15) is 0 Å². The average Bonchev–Trinajstić information content (AvgIpc) is 2.95.